The molecule has 1 heterocycles. The molecule has 0 aromatic heterocycles. The first-order valence-electron chi connectivity index (χ1n) is 16.9. The Hall–Kier alpha value is -2.52. The minimum absolute atomic E-state index is 0.315. The molecule has 0 saturated carbocycles. The average Bonchev–Trinajstić information content (AvgIpc) is 2.99. The van der Waals surface area contributed by atoms with Crippen LogP contribution in [-0.4, -0.2) is 134 Å². The Balaban J connectivity index is 2.89. The second-order valence-corrected chi connectivity index (χ2v) is 12.0. The lowest BCUT2D eigenvalue weighted by atomic mass is 10.2. The van der Waals surface area contributed by atoms with Gasteiger partial charge in [0.25, 0.3) is 0 Å². The van der Waals surface area contributed by atoms with Crippen LogP contribution in [0, 0.1) is 10.8 Å². The summed E-state index contributed by atoms with van der Waals surface area (Å²) in [5, 5.41) is 17.7. The van der Waals surface area contributed by atoms with Crippen LogP contribution in [0.1, 0.15) is 105 Å². The monoisotopic (exact) mass is 591 g/mol. The molecule has 1 aliphatic rings. The minimum atomic E-state index is 0.315. The topological polar surface area (TPSA) is 91.9 Å². The summed E-state index contributed by atoms with van der Waals surface area (Å²) in [6.45, 7) is 15.3. The van der Waals surface area contributed by atoms with E-state index in [1.165, 1.54) is 38.5 Å². The summed E-state index contributed by atoms with van der Waals surface area (Å²) >= 11 is 0. The number of aliphatic imine (C=N–C) groups is 2. The van der Waals surface area contributed by atoms with Crippen LogP contribution < -0.4 is 0 Å². The van der Waals surface area contributed by atoms with Crippen molar-refractivity contribution in [2.45, 2.75) is 105 Å². The van der Waals surface area contributed by atoms with E-state index in [9.17, 15) is 0 Å². The van der Waals surface area contributed by atoms with Crippen LogP contribution in [0.3, 0.4) is 0 Å². The third-order valence-corrected chi connectivity index (χ3v) is 8.04. The molecule has 0 amide bonds. The standard InChI is InChI=1S/C32H66N10/c1-9-13-17-19-23-39(7)31(37(5)21-15-11-3)35-29(33)41-25-27-42(28-26-41)30(34)36-32(38(6)22-16-12-4)40(8)24-20-18-14-10-2/h33-34H,9-28H2,1-8H3. The molecule has 1 aliphatic heterocycles. The van der Waals surface area contributed by atoms with E-state index in [1.807, 2.05) is 9.80 Å². The van der Waals surface area contributed by atoms with Crippen molar-refractivity contribution in [1.82, 2.24) is 29.4 Å². The lowest BCUT2D eigenvalue weighted by Crippen LogP contribution is -2.51. The molecule has 1 fully saturated rings. The SMILES string of the molecule is CCCCCCN(C)C(=NC(=N)N1CCN(C(=N)N=C(N(C)CCCC)N(C)CCCCCC)CC1)N(C)CCCC. The molecule has 10 nitrogen and oxygen atoms in total. The van der Waals surface area contributed by atoms with Crippen LogP contribution in [-0.2, 0) is 0 Å². The van der Waals surface area contributed by atoms with Crippen molar-refractivity contribution in [2.24, 2.45) is 9.98 Å². The number of rotatable bonds is 16. The van der Waals surface area contributed by atoms with Gasteiger partial charge in [-0.25, -0.2) is 0 Å². The average molecular weight is 591 g/mol. The van der Waals surface area contributed by atoms with Crippen molar-refractivity contribution < 1.29 is 0 Å². The smallest absolute Gasteiger partial charge is 0.221 e. The van der Waals surface area contributed by atoms with Gasteiger partial charge in [-0.15, -0.1) is 0 Å². The van der Waals surface area contributed by atoms with Gasteiger partial charge in [-0.2, -0.15) is 9.98 Å². The third kappa shape index (κ3) is 14.1. The predicted octanol–water partition coefficient (Wildman–Crippen LogP) is 5.67. The Morgan fingerprint density at radius 3 is 1.05 bits per heavy atom. The van der Waals surface area contributed by atoms with Gasteiger partial charge in [0, 0.05) is 80.5 Å². The molecule has 244 valence electrons. The van der Waals surface area contributed by atoms with Crippen molar-refractivity contribution in [2.75, 3.05) is 80.5 Å². The normalized spacial score (nSPS) is 14.3. The Morgan fingerprint density at radius 1 is 0.476 bits per heavy atom. The van der Waals surface area contributed by atoms with Crippen molar-refractivity contribution in [3.05, 3.63) is 0 Å². The van der Waals surface area contributed by atoms with Gasteiger partial charge in [-0.05, 0) is 25.7 Å². The first kappa shape index (κ1) is 37.5. The highest BCUT2D eigenvalue weighted by molar-refractivity contribution is 5.94. The van der Waals surface area contributed by atoms with Gasteiger partial charge < -0.3 is 29.4 Å². The highest BCUT2D eigenvalue weighted by Gasteiger charge is 2.23. The molecule has 1 rings (SSSR count). The predicted molar refractivity (Wildman–Crippen MR) is 182 cm³/mol. The van der Waals surface area contributed by atoms with Gasteiger partial charge in [-0.1, -0.05) is 79.1 Å². The minimum Gasteiger partial charge on any atom is -0.346 e. The third-order valence-electron chi connectivity index (χ3n) is 8.04. The molecule has 0 spiro atoms. The molecule has 0 atom stereocenters. The summed E-state index contributed by atoms with van der Waals surface area (Å²) in [5.74, 6) is 2.39. The molecule has 1 saturated heterocycles. The maximum atomic E-state index is 8.85. The maximum absolute atomic E-state index is 8.85. The largest absolute Gasteiger partial charge is 0.346 e. The molecule has 0 aromatic rings. The maximum Gasteiger partial charge on any atom is 0.221 e. The molecular weight excluding hydrogens is 524 g/mol. The first-order valence-corrected chi connectivity index (χ1v) is 16.9. The van der Waals surface area contributed by atoms with Crippen molar-refractivity contribution in [3.63, 3.8) is 0 Å². The highest BCUT2D eigenvalue weighted by Crippen LogP contribution is 2.10. The van der Waals surface area contributed by atoms with Gasteiger partial charge >= 0.3 is 0 Å². The Labute approximate surface area is 259 Å². The highest BCUT2D eigenvalue weighted by atomic mass is 15.4. The Kier molecular flexibility index (Phi) is 19.7. The lowest BCUT2D eigenvalue weighted by Gasteiger charge is -2.36. The molecule has 0 aliphatic carbocycles. The fraction of sp³-hybridized carbons (Fsp3) is 0.875. The number of nitrogens with one attached hydrogen (secondary N) is 2. The second kappa shape index (κ2) is 22.1. The van der Waals surface area contributed by atoms with E-state index >= 15 is 0 Å². The zero-order chi connectivity index (χ0) is 31.3. The fourth-order valence-electron chi connectivity index (χ4n) is 5.13. The number of unbranched alkanes of at least 4 members (excludes halogenated alkanes) is 8. The van der Waals surface area contributed by atoms with E-state index in [-0.39, 0.29) is 0 Å². The number of guanidine groups is 4. The van der Waals surface area contributed by atoms with Crippen LogP contribution >= 0.6 is 0 Å². The van der Waals surface area contributed by atoms with E-state index in [0.717, 1.165) is 76.6 Å². The number of hydrogen-bond acceptors (Lipinski definition) is 2. The van der Waals surface area contributed by atoms with Crippen LogP contribution in [0.15, 0.2) is 9.98 Å². The summed E-state index contributed by atoms with van der Waals surface area (Å²) in [7, 11) is 8.40. The van der Waals surface area contributed by atoms with Crippen LogP contribution in [0.4, 0.5) is 0 Å². The molecule has 0 bridgehead atoms. The zero-order valence-corrected chi connectivity index (χ0v) is 28.7. The lowest BCUT2D eigenvalue weighted by molar-refractivity contribution is 0.252. The van der Waals surface area contributed by atoms with Crippen molar-refractivity contribution in [1.29, 1.82) is 10.8 Å². The summed E-state index contributed by atoms with van der Waals surface area (Å²) in [6, 6.07) is 0. The van der Waals surface area contributed by atoms with E-state index < -0.39 is 0 Å². The second-order valence-electron chi connectivity index (χ2n) is 12.0. The summed E-state index contributed by atoms with van der Waals surface area (Å²) < 4.78 is 0. The summed E-state index contributed by atoms with van der Waals surface area (Å²) in [6.07, 6.45) is 14.2. The quantitative estimate of drug-likeness (QED) is 0.137. The molecule has 0 unspecified atom stereocenters. The van der Waals surface area contributed by atoms with Crippen LogP contribution in [0.2, 0.25) is 0 Å². The zero-order valence-electron chi connectivity index (χ0n) is 28.7. The molecule has 2 N–H and O–H groups in total. The Morgan fingerprint density at radius 2 is 0.762 bits per heavy atom. The van der Waals surface area contributed by atoms with Crippen LogP contribution in [0.25, 0.3) is 0 Å². The molecule has 0 aromatic carbocycles. The van der Waals surface area contributed by atoms with Crippen LogP contribution in [0.5, 0.6) is 0 Å². The van der Waals surface area contributed by atoms with Gasteiger partial charge in [0.15, 0.2) is 0 Å². The number of piperazine rings is 1. The van der Waals surface area contributed by atoms with E-state index in [4.69, 9.17) is 20.8 Å². The molecular formula is C32H66N10. The molecule has 42 heavy (non-hydrogen) atoms. The first-order chi connectivity index (χ1) is 20.2. The van der Waals surface area contributed by atoms with Crippen molar-refractivity contribution >= 4 is 23.8 Å². The molecule has 0 radical (unpaired) electrons. The fourth-order valence-corrected chi connectivity index (χ4v) is 5.13. The number of nitrogens with zero attached hydrogens (tertiary/aromatic N) is 8. The summed E-state index contributed by atoms with van der Waals surface area (Å²) in [5.41, 5.74) is 0. The Bertz CT molecular complexity index is 737. The van der Waals surface area contributed by atoms with E-state index in [0.29, 0.717) is 38.1 Å². The van der Waals surface area contributed by atoms with Gasteiger partial charge in [0.05, 0.1) is 0 Å². The van der Waals surface area contributed by atoms with Gasteiger partial charge in [-0.3, -0.25) is 10.8 Å². The van der Waals surface area contributed by atoms with E-state index in [2.05, 4.69) is 75.5 Å². The summed E-state index contributed by atoms with van der Waals surface area (Å²) in [4.78, 5) is 22.6. The van der Waals surface area contributed by atoms with Gasteiger partial charge in [0.2, 0.25) is 23.8 Å². The van der Waals surface area contributed by atoms with E-state index in [1.54, 1.807) is 0 Å². The molecule has 10 heteroatoms. The van der Waals surface area contributed by atoms with Crippen molar-refractivity contribution in [3.8, 4) is 0 Å². The number of hydrogen-bond donors (Lipinski definition) is 2. The van der Waals surface area contributed by atoms with Gasteiger partial charge in [0.1, 0.15) is 0 Å².